The smallest absolute Gasteiger partial charge is 0.165 e. The molecule has 0 unspecified atom stereocenters. The fourth-order valence-corrected chi connectivity index (χ4v) is 2.37. The van der Waals surface area contributed by atoms with Gasteiger partial charge in [-0.15, -0.1) is 0 Å². The first-order valence-electron chi connectivity index (χ1n) is 7.36. The molecule has 0 saturated carbocycles. The number of fused-ring (bicyclic) bond motifs is 1. The van der Waals surface area contributed by atoms with Crippen LogP contribution in [0.3, 0.4) is 0 Å². The number of rotatable bonds is 1. The second-order valence-corrected chi connectivity index (χ2v) is 5.06. The molecule has 114 valence electrons. The molecule has 1 aromatic heterocycles. The summed E-state index contributed by atoms with van der Waals surface area (Å²) in [4.78, 5) is 8.81. The number of aliphatic hydroxyl groups is 1. The van der Waals surface area contributed by atoms with E-state index in [-0.39, 0.29) is 5.76 Å². The number of benzene rings is 1. The summed E-state index contributed by atoms with van der Waals surface area (Å²) in [7, 11) is 0. The molecule has 1 aliphatic rings. The third-order valence-corrected chi connectivity index (χ3v) is 3.44. The molecule has 0 bridgehead atoms. The number of aromatic nitrogens is 2. The first-order valence-corrected chi connectivity index (χ1v) is 7.73. The highest BCUT2D eigenvalue weighted by molar-refractivity contribution is 6.34. The fourth-order valence-electron chi connectivity index (χ4n) is 2.13. The van der Waals surface area contributed by atoms with Crippen LogP contribution in [0.25, 0.3) is 16.5 Å². The first-order chi connectivity index (χ1) is 10.6. The molecule has 1 heterocycles. The molecule has 4 heteroatoms. The molecule has 0 atom stereocenters. The molecule has 0 spiro atoms. The van der Waals surface area contributed by atoms with E-state index in [2.05, 4.69) is 9.97 Å². The Hall–Kier alpha value is -2.13. The Morgan fingerprint density at radius 3 is 2.59 bits per heavy atom. The maximum absolute atomic E-state index is 10.0. The van der Waals surface area contributed by atoms with Gasteiger partial charge in [-0.1, -0.05) is 49.7 Å². The summed E-state index contributed by atoms with van der Waals surface area (Å²) in [6.07, 6.45) is 8.09. The molecule has 1 aromatic carbocycles. The number of halogens is 1. The minimum Gasteiger partial charge on any atom is -0.507 e. The van der Waals surface area contributed by atoms with Crippen molar-refractivity contribution in [3.63, 3.8) is 0 Å². The van der Waals surface area contributed by atoms with Crippen LogP contribution in [-0.4, -0.2) is 15.1 Å². The summed E-state index contributed by atoms with van der Waals surface area (Å²) >= 11 is 6.22. The van der Waals surface area contributed by atoms with E-state index < -0.39 is 0 Å². The van der Waals surface area contributed by atoms with Gasteiger partial charge in [-0.3, -0.25) is 0 Å². The van der Waals surface area contributed by atoms with Crippen molar-refractivity contribution >= 4 is 28.1 Å². The van der Waals surface area contributed by atoms with E-state index in [9.17, 15) is 5.11 Å². The van der Waals surface area contributed by atoms with Crippen LogP contribution >= 0.6 is 11.6 Å². The van der Waals surface area contributed by atoms with Gasteiger partial charge in [0.25, 0.3) is 0 Å². The monoisotopic (exact) mass is 314 g/mol. The van der Waals surface area contributed by atoms with E-state index in [1.807, 2.05) is 57.2 Å². The zero-order valence-electron chi connectivity index (χ0n) is 13.0. The van der Waals surface area contributed by atoms with E-state index >= 15 is 0 Å². The van der Waals surface area contributed by atoms with Gasteiger partial charge < -0.3 is 5.11 Å². The Balaban J connectivity index is 0.000000847. The Morgan fingerprint density at radius 2 is 1.82 bits per heavy atom. The third kappa shape index (κ3) is 3.37. The summed E-state index contributed by atoms with van der Waals surface area (Å²) in [5.74, 6) is 0.593. The largest absolute Gasteiger partial charge is 0.507 e. The Kier molecular flexibility index (Phi) is 5.34. The van der Waals surface area contributed by atoms with Gasteiger partial charge in [0.1, 0.15) is 10.9 Å². The third-order valence-electron chi connectivity index (χ3n) is 3.16. The van der Waals surface area contributed by atoms with Crippen LogP contribution in [0.1, 0.15) is 31.7 Å². The number of allylic oxidation sites excluding steroid dienone is 5. The van der Waals surface area contributed by atoms with E-state index in [1.54, 1.807) is 6.08 Å². The molecule has 3 nitrogen and oxygen atoms in total. The van der Waals surface area contributed by atoms with Crippen molar-refractivity contribution < 1.29 is 5.11 Å². The highest BCUT2D eigenvalue weighted by Gasteiger charge is 2.12. The number of nitrogens with zero attached hydrogens (tertiary/aromatic N) is 2. The number of hydrogen-bond acceptors (Lipinski definition) is 3. The van der Waals surface area contributed by atoms with Gasteiger partial charge in [-0.25, -0.2) is 9.97 Å². The van der Waals surface area contributed by atoms with Crippen molar-refractivity contribution in [2.45, 2.75) is 27.2 Å². The number of hydrogen-bond donors (Lipinski definition) is 1. The quantitative estimate of drug-likeness (QED) is 0.716. The van der Waals surface area contributed by atoms with Gasteiger partial charge in [0.2, 0.25) is 0 Å². The molecule has 1 N–H and O–H groups in total. The SMILES string of the molecule is CC.Cc1ccc2c(Cl)nc(C3=C(O)C=CCC=C3)nc2c1. The average Bonchev–Trinajstić information content (AvgIpc) is 2.73. The van der Waals surface area contributed by atoms with Crippen LogP contribution in [0.4, 0.5) is 0 Å². The van der Waals surface area contributed by atoms with Crippen LogP contribution in [0, 0.1) is 6.92 Å². The maximum atomic E-state index is 10.0. The summed E-state index contributed by atoms with van der Waals surface area (Å²) in [5, 5.41) is 11.2. The second-order valence-electron chi connectivity index (χ2n) is 4.70. The fraction of sp³-hybridized carbons (Fsp3) is 0.222. The van der Waals surface area contributed by atoms with Crippen LogP contribution < -0.4 is 0 Å². The zero-order valence-corrected chi connectivity index (χ0v) is 13.7. The van der Waals surface area contributed by atoms with Crippen molar-refractivity contribution in [2.75, 3.05) is 0 Å². The predicted molar refractivity (Wildman–Crippen MR) is 93.1 cm³/mol. The summed E-state index contributed by atoms with van der Waals surface area (Å²) in [6, 6.07) is 5.84. The second kappa shape index (κ2) is 7.23. The van der Waals surface area contributed by atoms with Crippen LogP contribution in [0.15, 0.2) is 48.3 Å². The Bertz CT molecular complexity index is 776. The van der Waals surface area contributed by atoms with Gasteiger partial charge in [0.05, 0.1) is 11.1 Å². The number of aryl methyl sites for hydroxylation is 1. The van der Waals surface area contributed by atoms with Gasteiger partial charge in [0.15, 0.2) is 5.82 Å². The lowest BCUT2D eigenvalue weighted by Gasteiger charge is -2.06. The molecule has 2 aromatic rings. The van der Waals surface area contributed by atoms with Crippen molar-refractivity contribution in [1.82, 2.24) is 9.97 Å². The Morgan fingerprint density at radius 1 is 1.09 bits per heavy atom. The van der Waals surface area contributed by atoms with Crippen molar-refractivity contribution in [1.29, 1.82) is 0 Å². The lowest BCUT2D eigenvalue weighted by atomic mass is 10.1. The topological polar surface area (TPSA) is 46.0 Å². The molecule has 0 radical (unpaired) electrons. The standard InChI is InChI=1S/C16H13ClN2O.C2H6/c1-10-7-8-11-13(9-10)18-16(19-15(11)17)12-5-3-2-4-6-14(12)20;1-2/h3-9,20H,2H2,1H3;1-2H3. The van der Waals surface area contributed by atoms with E-state index in [0.29, 0.717) is 16.6 Å². The summed E-state index contributed by atoms with van der Waals surface area (Å²) in [6.45, 7) is 6.00. The van der Waals surface area contributed by atoms with Gasteiger partial charge in [-0.05, 0) is 37.1 Å². The summed E-state index contributed by atoms with van der Waals surface area (Å²) in [5.41, 5.74) is 2.47. The summed E-state index contributed by atoms with van der Waals surface area (Å²) < 4.78 is 0. The van der Waals surface area contributed by atoms with E-state index in [4.69, 9.17) is 11.6 Å². The van der Waals surface area contributed by atoms with Gasteiger partial charge >= 0.3 is 0 Å². The molecule has 22 heavy (non-hydrogen) atoms. The van der Waals surface area contributed by atoms with Crippen molar-refractivity contribution in [3.8, 4) is 0 Å². The highest BCUT2D eigenvalue weighted by Crippen LogP contribution is 2.26. The zero-order chi connectivity index (χ0) is 16.1. The molecule has 1 aliphatic carbocycles. The molecular formula is C18H19ClN2O. The van der Waals surface area contributed by atoms with Crippen molar-refractivity contribution in [3.05, 3.63) is 64.8 Å². The minimum atomic E-state index is 0.154. The minimum absolute atomic E-state index is 0.154. The van der Waals surface area contributed by atoms with E-state index in [1.165, 1.54) is 0 Å². The Labute approximate surface area is 135 Å². The maximum Gasteiger partial charge on any atom is 0.165 e. The highest BCUT2D eigenvalue weighted by atomic mass is 35.5. The van der Waals surface area contributed by atoms with Crippen LogP contribution in [0.5, 0.6) is 0 Å². The first kappa shape index (κ1) is 16.2. The van der Waals surface area contributed by atoms with Crippen LogP contribution in [0.2, 0.25) is 5.15 Å². The molecule has 0 amide bonds. The molecule has 0 saturated heterocycles. The molecular weight excluding hydrogens is 296 g/mol. The van der Waals surface area contributed by atoms with Crippen molar-refractivity contribution in [2.24, 2.45) is 0 Å². The lowest BCUT2D eigenvalue weighted by Crippen LogP contribution is -1.97. The van der Waals surface area contributed by atoms with Gasteiger partial charge in [-0.2, -0.15) is 0 Å². The number of aliphatic hydroxyl groups excluding tert-OH is 1. The lowest BCUT2D eigenvalue weighted by molar-refractivity contribution is 0.435. The molecule has 3 rings (SSSR count). The molecule has 0 fully saturated rings. The van der Waals surface area contributed by atoms with E-state index in [0.717, 1.165) is 22.9 Å². The van der Waals surface area contributed by atoms with Gasteiger partial charge in [0, 0.05) is 5.39 Å². The molecule has 0 aliphatic heterocycles. The normalized spacial score (nSPS) is 13.8. The van der Waals surface area contributed by atoms with Crippen LogP contribution in [-0.2, 0) is 0 Å². The predicted octanol–water partition coefficient (Wildman–Crippen LogP) is 5.40. The average molecular weight is 315 g/mol.